The standard InChI is InChI=1S/C9H11FS/c1-2-11-7-8-4-3-5-9(10)6-8/h3-6H,2,7H2,1H3. The first-order chi connectivity index (χ1) is 5.33. The van der Waals surface area contributed by atoms with Gasteiger partial charge < -0.3 is 0 Å². The molecule has 0 N–H and O–H groups in total. The van der Waals surface area contributed by atoms with Gasteiger partial charge in [-0.3, -0.25) is 0 Å². The monoisotopic (exact) mass is 170 g/mol. The summed E-state index contributed by atoms with van der Waals surface area (Å²) in [5.74, 6) is 1.85. The summed E-state index contributed by atoms with van der Waals surface area (Å²) in [7, 11) is 0. The Kier molecular flexibility index (Phi) is 3.43. The van der Waals surface area contributed by atoms with Crippen LogP contribution >= 0.6 is 11.8 Å². The molecule has 0 bridgehead atoms. The van der Waals surface area contributed by atoms with Crippen LogP contribution in [0.1, 0.15) is 12.5 Å². The minimum Gasteiger partial charge on any atom is -0.207 e. The number of hydrogen-bond donors (Lipinski definition) is 0. The highest BCUT2D eigenvalue weighted by Gasteiger charge is 1.93. The molecular weight excluding hydrogens is 159 g/mol. The maximum Gasteiger partial charge on any atom is 0.123 e. The van der Waals surface area contributed by atoms with Crippen molar-refractivity contribution in [1.82, 2.24) is 0 Å². The lowest BCUT2D eigenvalue weighted by Crippen LogP contribution is -1.82. The largest absolute Gasteiger partial charge is 0.207 e. The number of hydrogen-bond acceptors (Lipinski definition) is 1. The highest BCUT2D eigenvalue weighted by molar-refractivity contribution is 7.98. The molecule has 0 nitrogen and oxygen atoms in total. The normalized spacial score (nSPS) is 10.0. The molecule has 1 rings (SSSR count). The van der Waals surface area contributed by atoms with Crippen LogP contribution in [0.25, 0.3) is 0 Å². The Labute approximate surface area is 70.8 Å². The van der Waals surface area contributed by atoms with Gasteiger partial charge in [-0.25, -0.2) is 4.39 Å². The highest BCUT2D eigenvalue weighted by atomic mass is 32.2. The van der Waals surface area contributed by atoms with E-state index in [4.69, 9.17) is 0 Å². The van der Waals surface area contributed by atoms with E-state index in [9.17, 15) is 4.39 Å². The van der Waals surface area contributed by atoms with E-state index in [0.717, 1.165) is 17.1 Å². The summed E-state index contributed by atoms with van der Waals surface area (Å²) in [6, 6.07) is 6.76. The van der Waals surface area contributed by atoms with Crippen molar-refractivity contribution in [2.75, 3.05) is 5.75 Å². The van der Waals surface area contributed by atoms with Gasteiger partial charge in [-0.2, -0.15) is 11.8 Å². The Morgan fingerprint density at radius 1 is 1.45 bits per heavy atom. The third-order valence-electron chi connectivity index (χ3n) is 1.36. The Morgan fingerprint density at radius 3 is 2.91 bits per heavy atom. The van der Waals surface area contributed by atoms with Gasteiger partial charge in [0.2, 0.25) is 0 Å². The Hall–Kier alpha value is -0.500. The van der Waals surface area contributed by atoms with Gasteiger partial charge in [-0.1, -0.05) is 19.1 Å². The van der Waals surface area contributed by atoms with E-state index >= 15 is 0 Å². The molecule has 0 spiro atoms. The summed E-state index contributed by atoms with van der Waals surface area (Å²) < 4.78 is 12.6. The second kappa shape index (κ2) is 4.39. The van der Waals surface area contributed by atoms with Crippen molar-refractivity contribution < 1.29 is 4.39 Å². The van der Waals surface area contributed by atoms with Crippen LogP contribution in [0.5, 0.6) is 0 Å². The highest BCUT2D eigenvalue weighted by Crippen LogP contribution is 2.12. The molecule has 0 heterocycles. The molecule has 0 saturated carbocycles. The molecule has 2 heteroatoms. The summed E-state index contributed by atoms with van der Waals surface area (Å²) in [6.07, 6.45) is 0. The number of rotatable bonds is 3. The third-order valence-corrected chi connectivity index (χ3v) is 2.31. The fourth-order valence-corrected chi connectivity index (χ4v) is 1.47. The molecule has 11 heavy (non-hydrogen) atoms. The predicted molar refractivity (Wildman–Crippen MR) is 48.2 cm³/mol. The van der Waals surface area contributed by atoms with Crippen LogP contribution in [0.4, 0.5) is 4.39 Å². The fourth-order valence-electron chi connectivity index (χ4n) is 0.847. The van der Waals surface area contributed by atoms with E-state index in [0.29, 0.717) is 0 Å². The van der Waals surface area contributed by atoms with Crippen molar-refractivity contribution in [2.24, 2.45) is 0 Å². The van der Waals surface area contributed by atoms with Crippen molar-refractivity contribution >= 4 is 11.8 Å². The van der Waals surface area contributed by atoms with E-state index in [1.165, 1.54) is 6.07 Å². The van der Waals surface area contributed by atoms with Gasteiger partial charge in [-0.15, -0.1) is 0 Å². The van der Waals surface area contributed by atoms with E-state index in [-0.39, 0.29) is 5.82 Å². The minimum atomic E-state index is -0.140. The zero-order valence-electron chi connectivity index (χ0n) is 6.51. The molecule has 0 aliphatic rings. The lowest BCUT2D eigenvalue weighted by atomic mass is 10.2. The van der Waals surface area contributed by atoms with Crippen molar-refractivity contribution in [3.63, 3.8) is 0 Å². The average Bonchev–Trinajstić information content (AvgIpc) is 2.01. The van der Waals surface area contributed by atoms with Crippen LogP contribution in [0.3, 0.4) is 0 Å². The van der Waals surface area contributed by atoms with E-state index in [1.54, 1.807) is 23.9 Å². The zero-order valence-corrected chi connectivity index (χ0v) is 7.33. The molecule has 0 atom stereocenters. The molecule has 1 aromatic carbocycles. The van der Waals surface area contributed by atoms with Gasteiger partial charge in [0, 0.05) is 5.75 Å². The van der Waals surface area contributed by atoms with Gasteiger partial charge in [0.15, 0.2) is 0 Å². The third kappa shape index (κ3) is 2.93. The van der Waals surface area contributed by atoms with Crippen LogP contribution in [-0.2, 0) is 5.75 Å². The number of halogens is 1. The Bertz CT molecular complexity index is 223. The van der Waals surface area contributed by atoms with Gasteiger partial charge >= 0.3 is 0 Å². The fraction of sp³-hybridized carbons (Fsp3) is 0.333. The van der Waals surface area contributed by atoms with Crippen LogP contribution < -0.4 is 0 Å². The molecule has 0 fully saturated rings. The molecule has 1 aromatic rings. The first-order valence-corrected chi connectivity index (χ1v) is 4.80. The Morgan fingerprint density at radius 2 is 2.27 bits per heavy atom. The Balaban J connectivity index is 2.56. The van der Waals surface area contributed by atoms with Crippen LogP contribution in [0.2, 0.25) is 0 Å². The number of thioether (sulfide) groups is 1. The lowest BCUT2D eigenvalue weighted by molar-refractivity contribution is 0.626. The molecule has 0 aromatic heterocycles. The molecule has 0 unspecified atom stereocenters. The molecule has 0 radical (unpaired) electrons. The molecule has 0 amide bonds. The molecule has 0 aliphatic carbocycles. The predicted octanol–water partition coefficient (Wildman–Crippen LogP) is 3.08. The lowest BCUT2D eigenvalue weighted by Gasteiger charge is -1.98. The summed E-state index contributed by atoms with van der Waals surface area (Å²) >= 11 is 1.80. The summed E-state index contributed by atoms with van der Waals surface area (Å²) in [4.78, 5) is 0. The van der Waals surface area contributed by atoms with Gasteiger partial charge in [0.1, 0.15) is 5.82 Å². The smallest absolute Gasteiger partial charge is 0.123 e. The van der Waals surface area contributed by atoms with Crippen molar-refractivity contribution in [3.05, 3.63) is 35.6 Å². The maximum absolute atomic E-state index is 12.6. The minimum absolute atomic E-state index is 0.140. The SMILES string of the molecule is CCSCc1cccc(F)c1. The summed E-state index contributed by atoms with van der Waals surface area (Å²) in [5.41, 5.74) is 1.07. The quantitative estimate of drug-likeness (QED) is 0.671. The summed E-state index contributed by atoms with van der Waals surface area (Å²) in [6.45, 7) is 2.10. The van der Waals surface area contributed by atoms with Crippen LogP contribution in [0.15, 0.2) is 24.3 Å². The van der Waals surface area contributed by atoms with Crippen molar-refractivity contribution in [2.45, 2.75) is 12.7 Å². The van der Waals surface area contributed by atoms with Gasteiger partial charge in [-0.05, 0) is 23.4 Å². The first-order valence-electron chi connectivity index (χ1n) is 3.65. The molecule has 0 saturated heterocycles. The van der Waals surface area contributed by atoms with E-state index < -0.39 is 0 Å². The van der Waals surface area contributed by atoms with Gasteiger partial charge in [0.25, 0.3) is 0 Å². The molecule has 60 valence electrons. The van der Waals surface area contributed by atoms with Crippen molar-refractivity contribution in [3.8, 4) is 0 Å². The van der Waals surface area contributed by atoms with Gasteiger partial charge in [0.05, 0.1) is 0 Å². The molecular formula is C9H11FS. The van der Waals surface area contributed by atoms with Crippen LogP contribution in [-0.4, -0.2) is 5.75 Å². The second-order valence-electron chi connectivity index (χ2n) is 2.27. The van der Waals surface area contributed by atoms with Crippen LogP contribution in [0, 0.1) is 5.82 Å². The van der Waals surface area contributed by atoms with E-state index in [1.807, 2.05) is 6.07 Å². The van der Waals surface area contributed by atoms with Crippen molar-refractivity contribution in [1.29, 1.82) is 0 Å². The second-order valence-corrected chi connectivity index (χ2v) is 3.54. The maximum atomic E-state index is 12.6. The summed E-state index contributed by atoms with van der Waals surface area (Å²) in [5, 5.41) is 0. The molecule has 0 aliphatic heterocycles. The zero-order chi connectivity index (χ0) is 8.10. The topological polar surface area (TPSA) is 0 Å². The first kappa shape index (κ1) is 8.60. The van der Waals surface area contributed by atoms with E-state index in [2.05, 4.69) is 6.92 Å². The number of benzene rings is 1. The average molecular weight is 170 g/mol.